The zero-order valence-electron chi connectivity index (χ0n) is 12.3. The molecule has 8 heteroatoms. The topological polar surface area (TPSA) is 53.4 Å². The average molecular weight is 336 g/mol. The van der Waals surface area contributed by atoms with E-state index >= 15 is 0 Å². The van der Waals surface area contributed by atoms with Crippen molar-refractivity contribution >= 4 is 17.2 Å². The standard InChI is InChI=1S/C14H19F3N2O2S/c1-10-9-22-12(18-10)13(21,14(15,16)17)8-11(20)19-6-4-2-3-5-7-19/h9,21H,2-8H2,1H3. The number of thiazole rings is 1. The molecule has 1 aliphatic rings. The number of amides is 1. The van der Waals surface area contributed by atoms with Crippen LogP contribution in [0.4, 0.5) is 13.2 Å². The number of nitrogens with zero attached hydrogens (tertiary/aromatic N) is 2. The Morgan fingerprint density at radius 1 is 1.32 bits per heavy atom. The first kappa shape index (κ1) is 17.2. The highest BCUT2D eigenvalue weighted by molar-refractivity contribution is 7.09. The maximum absolute atomic E-state index is 13.4. The summed E-state index contributed by atoms with van der Waals surface area (Å²) in [7, 11) is 0. The summed E-state index contributed by atoms with van der Waals surface area (Å²) in [5, 5.41) is 11.1. The van der Waals surface area contributed by atoms with Crippen LogP contribution >= 0.6 is 11.3 Å². The van der Waals surface area contributed by atoms with Gasteiger partial charge in [-0.3, -0.25) is 4.79 Å². The van der Waals surface area contributed by atoms with Crippen LogP contribution in [0.3, 0.4) is 0 Å². The maximum atomic E-state index is 13.4. The fraction of sp³-hybridized carbons (Fsp3) is 0.714. The van der Waals surface area contributed by atoms with Crippen LogP contribution in [0.25, 0.3) is 0 Å². The molecule has 0 aromatic carbocycles. The van der Waals surface area contributed by atoms with Crippen molar-refractivity contribution in [3.05, 3.63) is 16.1 Å². The van der Waals surface area contributed by atoms with E-state index in [9.17, 15) is 23.1 Å². The molecule has 22 heavy (non-hydrogen) atoms. The van der Waals surface area contributed by atoms with Gasteiger partial charge in [0.25, 0.3) is 0 Å². The summed E-state index contributed by atoms with van der Waals surface area (Å²) in [6.07, 6.45) is -2.45. The Bertz CT molecular complexity index is 524. The number of halogens is 3. The smallest absolute Gasteiger partial charge is 0.374 e. The van der Waals surface area contributed by atoms with Gasteiger partial charge in [-0.2, -0.15) is 13.2 Å². The Morgan fingerprint density at radius 2 is 1.91 bits per heavy atom. The third-order valence-electron chi connectivity index (χ3n) is 3.81. The lowest BCUT2D eigenvalue weighted by Gasteiger charge is -2.30. The van der Waals surface area contributed by atoms with Gasteiger partial charge in [-0.1, -0.05) is 12.8 Å². The first-order chi connectivity index (χ1) is 10.2. The van der Waals surface area contributed by atoms with Crippen LogP contribution in [0.2, 0.25) is 0 Å². The molecule has 1 unspecified atom stereocenters. The van der Waals surface area contributed by atoms with E-state index in [0.29, 0.717) is 18.8 Å². The highest BCUT2D eigenvalue weighted by atomic mass is 32.1. The Balaban J connectivity index is 2.21. The molecule has 2 heterocycles. The molecule has 0 radical (unpaired) electrons. The number of aromatic nitrogens is 1. The molecule has 1 atom stereocenters. The zero-order chi connectivity index (χ0) is 16.4. The molecule has 4 nitrogen and oxygen atoms in total. The summed E-state index contributed by atoms with van der Waals surface area (Å²) in [6.45, 7) is 2.45. The molecule has 2 rings (SSSR count). The van der Waals surface area contributed by atoms with Crippen molar-refractivity contribution in [3.8, 4) is 0 Å². The number of aliphatic hydroxyl groups is 1. The summed E-state index contributed by atoms with van der Waals surface area (Å²) in [4.78, 5) is 17.4. The van der Waals surface area contributed by atoms with Crippen molar-refractivity contribution in [2.75, 3.05) is 13.1 Å². The van der Waals surface area contributed by atoms with E-state index in [2.05, 4.69) is 4.98 Å². The molecule has 0 saturated carbocycles. The fourth-order valence-electron chi connectivity index (χ4n) is 2.49. The molecule has 0 bridgehead atoms. The largest absolute Gasteiger partial charge is 0.424 e. The van der Waals surface area contributed by atoms with Gasteiger partial charge in [0.15, 0.2) is 0 Å². The highest BCUT2D eigenvalue weighted by Gasteiger charge is 2.58. The highest BCUT2D eigenvalue weighted by Crippen LogP contribution is 2.43. The van der Waals surface area contributed by atoms with Crippen LogP contribution in [0.15, 0.2) is 5.38 Å². The lowest BCUT2D eigenvalue weighted by molar-refractivity contribution is -0.268. The van der Waals surface area contributed by atoms with E-state index in [0.717, 1.165) is 37.0 Å². The summed E-state index contributed by atoms with van der Waals surface area (Å²) >= 11 is 0.724. The van der Waals surface area contributed by atoms with Gasteiger partial charge in [-0.05, 0) is 19.8 Å². The van der Waals surface area contributed by atoms with Crippen LogP contribution in [0.1, 0.15) is 42.8 Å². The Hall–Kier alpha value is -1.15. The monoisotopic (exact) mass is 336 g/mol. The van der Waals surface area contributed by atoms with E-state index in [1.165, 1.54) is 10.3 Å². The van der Waals surface area contributed by atoms with Gasteiger partial charge in [-0.15, -0.1) is 11.3 Å². The zero-order valence-corrected chi connectivity index (χ0v) is 13.1. The summed E-state index contributed by atoms with van der Waals surface area (Å²) < 4.78 is 40.1. The summed E-state index contributed by atoms with van der Waals surface area (Å²) in [5.41, 5.74) is -2.82. The number of carbonyl (C=O) groups excluding carboxylic acids is 1. The minimum Gasteiger partial charge on any atom is -0.374 e. The van der Waals surface area contributed by atoms with E-state index < -0.39 is 29.1 Å². The van der Waals surface area contributed by atoms with Gasteiger partial charge >= 0.3 is 6.18 Å². The second-order valence-electron chi connectivity index (χ2n) is 5.62. The van der Waals surface area contributed by atoms with Crippen molar-refractivity contribution in [1.82, 2.24) is 9.88 Å². The predicted molar refractivity (Wildman–Crippen MR) is 76.5 cm³/mol. The Labute approximate surface area is 131 Å². The van der Waals surface area contributed by atoms with E-state index in [1.807, 2.05) is 0 Å². The van der Waals surface area contributed by atoms with Crippen molar-refractivity contribution in [1.29, 1.82) is 0 Å². The molecule has 0 spiro atoms. The lowest BCUT2D eigenvalue weighted by Crippen LogP contribution is -2.47. The van der Waals surface area contributed by atoms with Crippen LogP contribution in [0.5, 0.6) is 0 Å². The second kappa shape index (κ2) is 6.54. The molecule has 1 N–H and O–H groups in total. The number of aryl methyl sites for hydroxylation is 1. The van der Waals surface area contributed by atoms with Crippen molar-refractivity contribution in [2.24, 2.45) is 0 Å². The van der Waals surface area contributed by atoms with Gasteiger partial charge in [0.2, 0.25) is 11.5 Å². The number of alkyl halides is 3. The number of carbonyl (C=O) groups is 1. The minimum atomic E-state index is -4.95. The lowest BCUT2D eigenvalue weighted by atomic mass is 9.98. The van der Waals surface area contributed by atoms with Gasteiger partial charge in [0, 0.05) is 24.2 Å². The Morgan fingerprint density at radius 3 is 2.36 bits per heavy atom. The van der Waals surface area contributed by atoms with E-state index in [-0.39, 0.29) is 0 Å². The maximum Gasteiger partial charge on any atom is 0.424 e. The van der Waals surface area contributed by atoms with E-state index in [1.54, 1.807) is 6.92 Å². The normalized spacial score (nSPS) is 19.6. The van der Waals surface area contributed by atoms with E-state index in [4.69, 9.17) is 0 Å². The summed E-state index contributed by atoms with van der Waals surface area (Å²) in [5.74, 6) is -0.672. The number of hydrogen-bond donors (Lipinski definition) is 1. The molecular formula is C14H19F3N2O2S. The molecule has 1 fully saturated rings. The molecule has 1 aromatic rings. The molecule has 1 aromatic heterocycles. The molecule has 1 saturated heterocycles. The van der Waals surface area contributed by atoms with Crippen LogP contribution < -0.4 is 0 Å². The van der Waals surface area contributed by atoms with Crippen LogP contribution in [-0.4, -0.2) is 40.2 Å². The van der Waals surface area contributed by atoms with Crippen molar-refractivity contribution < 1.29 is 23.1 Å². The minimum absolute atomic E-state index is 0.393. The molecular weight excluding hydrogens is 317 g/mol. The summed E-state index contributed by atoms with van der Waals surface area (Å²) in [6, 6.07) is 0. The number of likely N-dealkylation sites (tertiary alicyclic amines) is 1. The third-order valence-corrected chi connectivity index (χ3v) is 4.92. The average Bonchev–Trinajstić information content (AvgIpc) is 2.71. The van der Waals surface area contributed by atoms with Crippen LogP contribution in [0, 0.1) is 6.92 Å². The van der Waals surface area contributed by atoms with Gasteiger partial charge in [-0.25, -0.2) is 4.98 Å². The SMILES string of the molecule is Cc1csc(C(O)(CC(=O)N2CCCCCC2)C(F)(F)F)n1. The quantitative estimate of drug-likeness (QED) is 0.923. The van der Waals surface area contributed by atoms with Gasteiger partial charge < -0.3 is 10.0 Å². The van der Waals surface area contributed by atoms with Gasteiger partial charge in [0.1, 0.15) is 5.01 Å². The Kier molecular flexibility index (Phi) is 5.11. The van der Waals surface area contributed by atoms with Gasteiger partial charge in [0.05, 0.1) is 6.42 Å². The molecule has 1 amide bonds. The molecule has 1 aliphatic heterocycles. The van der Waals surface area contributed by atoms with Crippen molar-refractivity contribution in [3.63, 3.8) is 0 Å². The number of hydrogen-bond acceptors (Lipinski definition) is 4. The molecule has 0 aliphatic carbocycles. The van der Waals surface area contributed by atoms with Crippen LogP contribution in [-0.2, 0) is 10.4 Å². The first-order valence-electron chi connectivity index (χ1n) is 7.23. The third kappa shape index (κ3) is 3.60. The first-order valence-corrected chi connectivity index (χ1v) is 8.11. The number of rotatable bonds is 3. The molecule has 124 valence electrons. The second-order valence-corrected chi connectivity index (χ2v) is 6.48. The fourth-order valence-corrected chi connectivity index (χ4v) is 3.41. The van der Waals surface area contributed by atoms with Crippen molar-refractivity contribution in [2.45, 2.75) is 50.8 Å². The predicted octanol–water partition coefficient (Wildman–Crippen LogP) is 2.99.